The van der Waals surface area contributed by atoms with Crippen molar-refractivity contribution in [2.45, 2.75) is 12.3 Å². The van der Waals surface area contributed by atoms with Crippen LogP contribution in [0.2, 0.25) is 0 Å². The predicted molar refractivity (Wildman–Crippen MR) is 79.8 cm³/mol. The van der Waals surface area contributed by atoms with Gasteiger partial charge in [-0.05, 0) is 6.08 Å². The molecule has 3 N–H and O–H groups in total. The van der Waals surface area contributed by atoms with Crippen LogP contribution in [0.4, 0.5) is 0 Å². The number of nitrogens with one attached hydrogen (secondary N) is 1. The van der Waals surface area contributed by atoms with Gasteiger partial charge >= 0.3 is 30.0 Å². The van der Waals surface area contributed by atoms with Crippen molar-refractivity contribution in [3.8, 4) is 0 Å². The SMILES string of the molecule is O=POP(=O)(O)OP(=O)(O)OC[C@@H]1C=C[C@H](n2ccc(=O)[nH]c2=O)O1. The lowest BCUT2D eigenvalue weighted by Gasteiger charge is -2.18. The monoisotopic (exact) mass is 416 g/mol. The largest absolute Gasteiger partial charge is 0.491 e. The van der Waals surface area contributed by atoms with Crippen molar-refractivity contribution in [3.05, 3.63) is 45.3 Å². The third-order valence-corrected chi connectivity index (χ3v) is 5.89. The molecule has 0 saturated heterocycles. The van der Waals surface area contributed by atoms with Crippen LogP contribution >= 0.6 is 24.3 Å². The first-order valence-corrected chi connectivity index (χ1v) is 10.0. The molecule has 0 aliphatic carbocycles. The molecule has 0 spiro atoms. The van der Waals surface area contributed by atoms with Crippen LogP contribution in [0, 0.1) is 0 Å². The van der Waals surface area contributed by atoms with E-state index in [0.717, 1.165) is 10.6 Å². The Morgan fingerprint density at radius 1 is 1.28 bits per heavy atom. The lowest BCUT2D eigenvalue weighted by molar-refractivity contribution is -0.0103. The Morgan fingerprint density at radius 2 is 2.00 bits per heavy atom. The Balaban J connectivity index is 1.93. The topological polar surface area (TPSA) is 183 Å². The molecule has 0 saturated carbocycles. The predicted octanol–water partition coefficient (Wildman–Crippen LogP) is 0.447. The van der Waals surface area contributed by atoms with Gasteiger partial charge in [0.1, 0.15) is 6.10 Å². The van der Waals surface area contributed by atoms with Gasteiger partial charge in [-0.25, -0.2) is 18.5 Å². The normalized spacial score (nSPS) is 24.9. The summed E-state index contributed by atoms with van der Waals surface area (Å²) in [7, 11) is -11.3. The van der Waals surface area contributed by atoms with Crippen molar-refractivity contribution in [1.82, 2.24) is 9.55 Å². The van der Waals surface area contributed by atoms with Crippen molar-refractivity contribution < 1.29 is 41.4 Å². The van der Waals surface area contributed by atoms with Crippen LogP contribution in [0.25, 0.3) is 0 Å². The second-order valence-electron chi connectivity index (χ2n) is 4.44. The molecule has 4 atom stereocenters. The van der Waals surface area contributed by atoms with Crippen molar-refractivity contribution in [3.63, 3.8) is 0 Å². The molecular weight excluding hydrogens is 405 g/mol. The lowest BCUT2D eigenvalue weighted by Crippen LogP contribution is -2.32. The molecule has 0 radical (unpaired) electrons. The summed E-state index contributed by atoms with van der Waals surface area (Å²) in [5, 5.41) is 0. The quantitative estimate of drug-likeness (QED) is 0.395. The molecule has 25 heavy (non-hydrogen) atoms. The van der Waals surface area contributed by atoms with Crippen molar-refractivity contribution in [2.24, 2.45) is 0 Å². The van der Waals surface area contributed by atoms with Crippen LogP contribution in [0.3, 0.4) is 0 Å². The highest BCUT2D eigenvalue weighted by Crippen LogP contribution is 2.61. The number of hydrogen-bond donors (Lipinski definition) is 3. The molecule has 0 fully saturated rings. The Bertz CT molecular complexity index is 876. The fourth-order valence-electron chi connectivity index (χ4n) is 1.75. The Morgan fingerprint density at radius 3 is 2.64 bits per heavy atom. The van der Waals surface area contributed by atoms with E-state index in [0.29, 0.717) is 0 Å². The zero-order valence-electron chi connectivity index (χ0n) is 12.0. The van der Waals surface area contributed by atoms with Crippen LogP contribution in [-0.4, -0.2) is 32.0 Å². The minimum absolute atomic E-state index is 0.575. The van der Waals surface area contributed by atoms with E-state index in [2.05, 4.69) is 13.1 Å². The van der Waals surface area contributed by atoms with Crippen LogP contribution in [0.15, 0.2) is 34.0 Å². The van der Waals surface area contributed by atoms with Crippen LogP contribution < -0.4 is 11.2 Å². The molecule has 0 bridgehead atoms. The zero-order valence-corrected chi connectivity index (χ0v) is 14.7. The second kappa shape index (κ2) is 7.96. The number of phosphoric acid groups is 2. The summed E-state index contributed by atoms with van der Waals surface area (Å²) >= 11 is 0. The fourth-order valence-corrected chi connectivity index (χ4v) is 4.04. The average molecular weight is 416 g/mol. The Labute approximate surface area is 140 Å². The van der Waals surface area contributed by atoms with E-state index in [1.54, 1.807) is 0 Å². The highest BCUT2D eigenvalue weighted by molar-refractivity contribution is 7.63. The second-order valence-corrected chi connectivity index (χ2v) is 8.03. The molecule has 1 aliphatic heterocycles. The number of nitrogens with zero attached hydrogens (tertiary/aromatic N) is 1. The van der Waals surface area contributed by atoms with Crippen LogP contribution in [0.1, 0.15) is 6.23 Å². The van der Waals surface area contributed by atoms with E-state index in [1.165, 1.54) is 18.3 Å². The molecule has 1 aromatic rings. The number of aromatic amines is 1. The third kappa shape index (κ3) is 5.89. The van der Waals surface area contributed by atoms with Gasteiger partial charge in [-0.1, -0.05) is 6.08 Å². The summed E-state index contributed by atoms with van der Waals surface area (Å²) < 4.78 is 51.2. The van der Waals surface area contributed by atoms with Crippen LogP contribution in [-0.2, 0) is 31.6 Å². The molecule has 0 amide bonds. The molecule has 1 aliphatic rings. The first kappa shape index (κ1) is 20.1. The molecule has 2 unspecified atom stereocenters. The van der Waals surface area contributed by atoms with Gasteiger partial charge in [-0.3, -0.25) is 18.9 Å². The highest BCUT2D eigenvalue weighted by atomic mass is 31.3. The number of aromatic nitrogens is 2. The summed E-state index contributed by atoms with van der Waals surface area (Å²) in [4.78, 5) is 42.9. The molecule has 0 aromatic carbocycles. The Kier molecular flexibility index (Phi) is 6.39. The van der Waals surface area contributed by atoms with Crippen molar-refractivity contribution in [1.29, 1.82) is 0 Å². The molecule has 1 aromatic heterocycles. The summed E-state index contributed by atoms with van der Waals surface area (Å²) in [6.45, 7) is -0.575. The van der Waals surface area contributed by atoms with E-state index in [4.69, 9.17) is 9.63 Å². The van der Waals surface area contributed by atoms with E-state index >= 15 is 0 Å². The molecule has 16 heteroatoms. The van der Waals surface area contributed by atoms with Gasteiger partial charge in [0.05, 0.1) is 6.61 Å². The zero-order chi connectivity index (χ0) is 18.7. The van der Waals surface area contributed by atoms with Gasteiger partial charge in [0.2, 0.25) is 0 Å². The molecule has 2 rings (SSSR count). The fraction of sp³-hybridized carbons (Fsp3) is 0.333. The van der Waals surface area contributed by atoms with Crippen molar-refractivity contribution in [2.75, 3.05) is 6.61 Å². The number of rotatable bonds is 8. The number of ether oxygens (including phenoxy) is 1. The first-order valence-electron chi connectivity index (χ1n) is 6.30. The lowest BCUT2D eigenvalue weighted by atomic mass is 10.4. The van der Waals surface area contributed by atoms with Gasteiger partial charge in [0.25, 0.3) is 5.56 Å². The van der Waals surface area contributed by atoms with E-state index < -0.39 is 54.5 Å². The van der Waals surface area contributed by atoms with Gasteiger partial charge in [-0.15, -0.1) is 0 Å². The summed E-state index contributed by atoms with van der Waals surface area (Å²) in [5.74, 6) is 0. The van der Waals surface area contributed by atoms with E-state index in [1.807, 2.05) is 4.98 Å². The van der Waals surface area contributed by atoms with Crippen molar-refractivity contribution >= 4 is 24.3 Å². The van der Waals surface area contributed by atoms with Crippen LogP contribution in [0.5, 0.6) is 0 Å². The highest BCUT2D eigenvalue weighted by Gasteiger charge is 2.37. The summed E-state index contributed by atoms with van der Waals surface area (Å²) in [6, 6.07) is 1.10. The van der Waals surface area contributed by atoms with Gasteiger partial charge < -0.3 is 14.5 Å². The summed E-state index contributed by atoms with van der Waals surface area (Å²) in [5.41, 5.74) is -1.32. The summed E-state index contributed by atoms with van der Waals surface area (Å²) in [6.07, 6.45) is 2.22. The molecule has 2 heterocycles. The number of phosphoric ester groups is 1. The maximum atomic E-state index is 11.6. The number of H-pyrrole nitrogens is 1. The average Bonchev–Trinajstić information content (AvgIpc) is 2.92. The van der Waals surface area contributed by atoms with Gasteiger partial charge in [-0.2, -0.15) is 8.62 Å². The Hall–Kier alpha value is -1.26. The first-order chi connectivity index (χ1) is 11.6. The minimum atomic E-state index is -5.05. The smallest absolute Gasteiger partial charge is 0.344 e. The van der Waals surface area contributed by atoms with E-state index in [9.17, 15) is 28.2 Å². The molecule has 13 nitrogen and oxygen atoms in total. The van der Waals surface area contributed by atoms with Gasteiger partial charge in [0, 0.05) is 12.3 Å². The third-order valence-electron chi connectivity index (χ3n) is 2.67. The minimum Gasteiger partial charge on any atom is -0.344 e. The maximum Gasteiger partial charge on any atom is 0.491 e. The molecular formula is C9H11N2O11P3. The van der Waals surface area contributed by atoms with E-state index in [-0.39, 0.29) is 0 Å². The van der Waals surface area contributed by atoms with Gasteiger partial charge in [0.15, 0.2) is 6.23 Å². The standard InChI is InChI=1S/C9H11N2O11P3/c12-7-3-4-11(9(13)10-7)8-2-1-6(20-8)5-19-24(15,16)22-25(17,18)21-23-14/h1-4,6,8H,5H2,(H,15,16)(H,17,18)(H,10,12,13)/t6-,8+/m0/s1. The number of hydrogen-bond acceptors (Lipinski definition) is 9. The maximum absolute atomic E-state index is 11.6. The molecule has 138 valence electrons.